The lowest BCUT2D eigenvalue weighted by atomic mass is 9.79. The molecule has 0 saturated carbocycles. The van der Waals surface area contributed by atoms with E-state index in [2.05, 4.69) is 29.8 Å². The van der Waals surface area contributed by atoms with Gasteiger partial charge in [-0.1, -0.05) is 50.2 Å². The maximum Gasteiger partial charge on any atom is 0.250 e. The van der Waals surface area contributed by atoms with Gasteiger partial charge in [0.2, 0.25) is 11.8 Å². The number of amides is 2. The second kappa shape index (κ2) is 6.82. The van der Waals surface area contributed by atoms with Crippen molar-refractivity contribution in [2.75, 3.05) is 10.6 Å². The van der Waals surface area contributed by atoms with Crippen LogP contribution in [0.2, 0.25) is 0 Å². The lowest BCUT2D eigenvalue weighted by Gasteiger charge is -2.29. The van der Waals surface area contributed by atoms with Gasteiger partial charge in [0.1, 0.15) is 5.54 Å². The molecule has 2 aromatic carbocycles. The highest BCUT2D eigenvalue weighted by Gasteiger charge is 2.59. The summed E-state index contributed by atoms with van der Waals surface area (Å²) >= 11 is 0. The average molecular weight is 363 g/mol. The summed E-state index contributed by atoms with van der Waals surface area (Å²) in [4.78, 5) is 26.3. The Kier molecular flexibility index (Phi) is 4.48. The van der Waals surface area contributed by atoms with Gasteiger partial charge in [0.25, 0.3) is 0 Å². The van der Waals surface area contributed by atoms with Crippen LogP contribution in [-0.2, 0) is 15.1 Å². The predicted octanol–water partition coefficient (Wildman–Crippen LogP) is 3.50. The van der Waals surface area contributed by atoms with Crippen molar-refractivity contribution in [3.63, 3.8) is 0 Å². The lowest BCUT2D eigenvalue weighted by molar-refractivity contribution is -0.130. The lowest BCUT2D eigenvalue weighted by Crippen LogP contribution is -2.52. The second-order valence-electron chi connectivity index (χ2n) is 7.92. The van der Waals surface area contributed by atoms with E-state index in [9.17, 15) is 9.59 Å². The van der Waals surface area contributed by atoms with Crippen molar-refractivity contribution in [1.29, 1.82) is 0 Å². The standard InChI is InChI=1S/C22H25N3O2/c1-14(2)12-16-13-18(20(26)23-15-8-4-3-5-9-15)22(25-16)17-10-6-7-11-19(17)24-21(22)27/h3-11,14,16,18,25H,12-13H2,1-2H3,(H,23,26)(H,24,27)/t16-,18+,22+/m1/s1. The van der Waals surface area contributed by atoms with E-state index in [0.29, 0.717) is 12.3 Å². The molecule has 2 aliphatic rings. The van der Waals surface area contributed by atoms with Crippen LogP contribution in [0.15, 0.2) is 54.6 Å². The van der Waals surface area contributed by atoms with Gasteiger partial charge in [-0.05, 0) is 37.0 Å². The first-order valence-electron chi connectivity index (χ1n) is 9.55. The first kappa shape index (κ1) is 17.7. The van der Waals surface area contributed by atoms with Crippen LogP contribution < -0.4 is 16.0 Å². The van der Waals surface area contributed by atoms with Crippen LogP contribution in [0, 0.1) is 11.8 Å². The molecule has 27 heavy (non-hydrogen) atoms. The molecule has 1 fully saturated rings. The third kappa shape index (κ3) is 3.02. The molecule has 0 radical (unpaired) electrons. The molecule has 0 aliphatic carbocycles. The Morgan fingerprint density at radius 2 is 1.85 bits per heavy atom. The van der Waals surface area contributed by atoms with Gasteiger partial charge >= 0.3 is 0 Å². The monoisotopic (exact) mass is 363 g/mol. The van der Waals surface area contributed by atoms with E-state index in [1.807, 2.05) is 54.6 Å². The number of hydrogen-bond donors (Lipinski definition) is 3. The molecule has 140 valence electrons. The van der Waals surface area contributed by atoms with Crippen molar-refractivity contribution in [1.82, 2.24) is 5.32 Å². The summed E-state index contributed by atoms with van der Waals surface area (Å²) in [5.41, 5.74) is 1.40. The van der Waals surface area contributed by atoms with Crippen LogP contribution in [0.3, 0.4) is 0 Å². The van der Waals surface area contributed by atoms with E-state index in [1.54, 1.807) is 0 Å². The highest BCUT2D eigenvalue weighted by Crippen LogP contribution is 2.47. The van der Waals surface area contributed by atoms with Crippen LogP contribution in [0.5, 0.6) is 0 Å². The highest BCUT2D eigenvalue weighted by atomic mass is 16.2. The Labute approximate surface area is 159 Å². The summed E-state index contributed by atoms with van der Waals surface area (Å²) in [6, 6.07) is 17.2. The zero-order chi connectivity index (χ0) is 19.0. The molecule has 1 spiro atoms. The third-order valence-corrected chi connectivity index (χ3v) is 5.55. The predicted molar refractivity (Wildman–Crippen MR) is 106 cm³/mol. The van der Waals surface area contributed by atoms with E-state index >= 15 is 0 Å². The van der Waals surface area contributed by atoms with Crippen LogP contribution in [-0.4, -0.2) is 17.9 Å². The zero-order valence-corrected chi connectivity index (χ0v) is 15.7. The number of para-hydroxylation sites is 2. The van der Waals surface area contributed by atoms with Crippen molar-refractivity contribution in [3.05, 3.63) is 60.2 Å². The molecule has 0 unspecified atom stereocenters. The summed E-state index contributed by atoms with van der Waals surface area (Å²) in [6.45, 7) is 4.32. The Bertz CT molecular complexity index is 865. The number of fused-ring (bicyclic) bond motifs is 2. The maximum atomic E-state index is 13.2. The molecule has 0 aromatic heterocycles. The molecule has 5 heteroatoms. The fourth-order valence-corrected chi connectivity index (χ4v) is 4.49. The minimum absolute atomic E-state index is 0.119. The van der Waals surface area contributed by atoms with Gasteiger partial charge in [-0.2, -0.15) is 0 Å². The first-order chi connectivity index (χ1) is 13.0. The molecule has 2 heterocycles. The number of carbonyl (C=O) groups excluding carboxylic acids is 2. The van der Waals surface area contributed by atoms with Crippen LogP contribution in [0.25, 0.3) is 0 Å². The van der Waals surface area contributed by atoms with E-state index < -0.39 is 11.5 Å². The fraction of sp³-hybridized carbons (Fsp3) is 0.364. The molecular weight excluding hydrogens is 338 g/mol. The number of hydrogen-bond acceptors (Lipinski definition) is 3. The topological polar surface area (TPSA) is 70.2 Å². The summed E-state index contributed by atoms with van der Waals surface area (Å²) in [6.07, 6.45) is 1.56. The van der Waals surface area contributed by atoms with Crippen molar-refractivity contribution >= 4 is 23.2 Å². The van der Waals surface area contributed by atoms with Gasteiger partial charge in [0.05, 0.1) is 5.92 Å². The molecule has 2 aliphatic heterocycles. The van der Waals surface area contributed by atoms with E-state index in [1.165, 1.54) is 0 Å². The van der Waals surface area contributed by atoms with Crippen molar-refractivity contribution in [2.45, 2.75) is 38.3 Å². The Balaban J connectivity index is 1.71. The molecule has 2 aromatic rings. The summed E-state index contributed by atoms with van der Waals surface area (Å²) < 4.78 is 0. The third-order valence-electron chi connectivity index (χ3n) is 5.55. The summed E-state index contributed by atoms with van der Waals surface area (Å²) in [7, 11) is 0. The number of rotatable bonds is 4. The fourth-order valence-electron chi connectivity index (χ4n) is 4.49. The zero-order valence-electron chi connectivity index (χ0n) is 15.7. The number of carbonyl (C=O) groups is 2. The Morgan fingerprint density at radius 1 is 1.15 bits per heavy atom. The normalized spacial score (nSPS) is 26.3. The minimum Gasteiger partial charge on any atom is -0.326 e. The second-order valence-corrected chi connectivity index (χ2v) is 7.92. The molecular formula is C22H25N3O2. The van der Waals surface area contributed by atoms with Crippen LogP contribution in [0.1, 0.15) is 32.3 Å². The Morgan fingerprint density at radius 3 is 2.59 bits per heavy atom. The molecule has 1 saturated heterocycles. The van der Waals surface area contributed by atoms with Gasteiger partial charge in [-0.3, -0.25) is 14.9 Å². The van der Waals surface area contributed by atoms with Gasteiger partial charge < -0.3 is 10.6 Å². The summed E-state index contributed by atoms with van der Waals surface area (Å²) in [5.74, 6) is -0.240. The largest absolute Gasteiger partial charge is 0.326 e. The average Bonchev–Trinajstić information content (AvgIpc) is 3.15. The molecule has 3 N–H and O–H groups in total. The first-order valence-corrected chi connectivity index (χ1v) is 9.55. The van der Waals surface area contributed by atoms with E-state index in [-0.39, 0.29) is 17.9 Å². The van der Waals surface area contributed by atoms with Crippen molar-refractivity contribution in [2.24, 2.45) is 11.8 Å². The number of anilines is 2. The molecule has 4 rings (SSSR count). The van der Waals surface area contributed by atoms with Gasteiger partial charge in [0.15, 0.2) is 0 Å². The molecule has 3 atom stereocenters. The van der Waals surface area contributed by atoms with E-state index in [0.717, 1.165) is 23.4 Å². The van der Waals surface area contributed by atoms with Crippen molar-refractivity contribution in [3.8, 4) is 0 Å². The molecule has 0 bridgehead atoms. The van der Waals surface area contributed by atoms with Crippen molar-refractivity contribution < 1.29 is 9.59 Å². The number of nitrogens with one attached hydrogen (secondary N) is 3. The van der Waals surface area contributed by atoms with Crippen LogP contribution in [0.4, 0.5) is 11.4 Å². The quantitative estimate of drug-likeness (QED) is 0.779. The smallest absolute Gasteiger partial charge is 0.250 e. The Hall–Kier alpha value is -2.66. The van der Waals surface area contributed by atoms with E-state index in [4.69, 9.17) is 0 Å². The van der Waals surface area contributed by atoms with Gasteiger partial charge in [-0.15, -0.1) is 0 Å². The number of benzene rings is 2. The maximum absolute atomic E-state index is 13.2. The molecule has 2 amide bonds. The van der Waals surface area contributed by atoms with Crippen LogP contribution >= 0.6 is 0 Å². The highest BCUT2D eigenvalue weighted by molar-refractivity contribution is 6.10. The molecule has 5 nitrogen and oxygen atoms in total. The van der Waals surface area contributed by atoms with Gasteiger partial charge in [-0.25, -0.2) is 0 Å². The minimum atomic E-state index is -1.00. The SMILES string of the molecule is CC(C)C[C@@H]1C[C@@H](C(=O)Nc2ccccc2)[C@]2(N1)C(=O)Nc1ccccc12. The van der Waals surface area contributed by atoms with Gasteiger partial charge in [0, 0.05) is 23.0 Å². The summed E-state index contributed by atoms with van der Waals surface area (Å²) in [5, 5.41) is 9.52.